The highest BCUT2D eigenvalue weighted by Gasteiger charge is 2.32. The van der Waals surface area contributed by atoms with E-state index in [-0.39, 0.29) is 5.82 Å². The zero-order chi connectivity index (χ0) is 22.4. The van der Waals surface area contributed by atoms with Gasteiger partial charge in [-0.3, -0.25) is 0 Å². The Morgan fingerprint density at radius 1 is 1.00 bits per heavy atom. The number of benzene rings is 2. The van der Waals surface area contributed by atoms with Crippen molar-refractivity contribution in [1.82, 2.24) is 4.57 Å². The number of rotatable bonds is 4. The van der Waals surface area contributed by atoms with E-state index in [4.69, 9.17) is 11.6 Å². The zero-order valence-corrected chi connectivity index (χ0v) is 19.7. The van der Waals surface area contributed by atoms with Crippen LogP contribution in [0, 0.1) is 5.82 Å². The van der Waals surface area contributed by atoms with Crippen LogP contribution in [0.3, 0.4) is 0 Å². The number of fused-ring (bicyclic) bond motifs is 4. The second-order valence-corrected chi connectivity index (χ2v) is 8.73. The van der Waals surface area contributed by atoms with E-state index in [2.05, 4.69) is 64.0 Å². The molecule has 0 atom stereocenters. The number of aryl methyl sites for hydroxylation is 2. The maximum Gasteiger partial charge on any atom is 0.285 e. The highest BCUT2D eigenvalue weighted by atomic mass is 35.5. The number of hydrogen-bond donors (Lipinski definition) is 0. The van der Waals surface area contributed by atoms with Gasteiger partial charge in [0.25, 0.3) is 5.82 Å². The van der Waals surface area contributed by atoms with Crippen molar-refractivity contribution in [2.75, 3.05) is 22.9 Å². The van der Waals surface area contributed by atoms with Gasteiger partial charge < -0.3 is 9.80 Å². The molecule has 0 saturated heterocycles. The first-order valence-corrected chi connectivity index (χ1v) is 11.9. The van der Waals surface area contributed by atoms with Crippen molar-refractivity contribution in [2.24, 2.45) is 0 Å². The lowest BCUT2D eigenvalue weighted by atomic mass is 10.0. The van der Waals surface area contributed by atoms with Crippen molar-refractivity contribution in [3.63, 3.8) is 0 Å². The number of allylic oxidation sites excluding steroid dienone is 3. The van der Waals surface area contributed by atoms with Crippen molar-refractivity contribution < 1.29 is 8.96 Å². The fourth-order valence-electron chi connectivity index (χ4n) is 5.26. The van der Waals surface area contributed by atoms with E-state index >= 15 is 0 Å². The van der Waals surface area contributed by atoms with Crippen LogP contribution in [0.4, 0.5) is 15.8 Å². The van der Waals surface area contributed by atoms with Crippen molar-refractivity contribution in [1.29, 1.82) is 0 Å². The van der Waals surface area contributed by atoms with Crippen LogP contribution in [-0.2, 0) is 13.1 Å². The summed E-state index contributed by atoms with van der Waals surface area (Å²) < 4.78 is 18.6. The summed E-state index contributed by atoms with van der Waals surface area (Å²) in [5, 5.41) is 0.755. The first-order chi connectivity index (χ1) is 15.6. The van der Waals surface area contributed by atoms with E-state index in [0.29, 0.717) is 0 Å². The minimum atomic E-state index is -0.185. The lowest BCUT2D eigenvalue weighted by Crippen LogP contribution is -2.37. The molecular weight excluding hydrogens is 423 g/mol. The van der Waals surface area contributed by atoms with Gasteiger partial charge in [-0.1, -0.05) is 11.6 Å². The molecule has 32 heavy (non-hydrogen) atoms. The van der Waals surface area contributed by atoms with Crippen LogP contribution in [0.15, 0.2) is 54.4 Å². The summed E-state index contributed by atoms with van der Waals surface area (Å²) in [6.07, 6.45) is 6.60. The highest BCUT2D eigenvalue weighted by Crippen LogP contribution is 2.43. The minimum absolute atomic E-state index is 0.185. The van der Waals surface area contributed by atoms with Crippen molar-refractivity contribution in [2.45, 2.75) is 46.7 Å². The number of anilines is 2. The smallest absolute Gasteiger partial charge is 0.285 e. The molecule has 0 radical (unpaired) electrons. The van der Waals surface area contributed by atoms with Gasteiger partial charge >= 0.3 is 0 Å². The molecule has 0 amide bonds. The monoisotopic (exact) mass is 451 g/mol. The molecule has 0 unspecified atom stereocenters. The Kier molecular flexibility index (Phi) is 5.46. The standard InChI is InChI=1S/C26H29ClFN4/c1-4-29-21-12-10-19(27)16-23(21)30(5-2)25(29)14-9-18-8-7-15-32-22-13-11-20(28)17-24(22)31(6-3)26(18)32/h9-14,16-17H,4-8,15H2,1-3H3/q+1. The summed E-state index contributed by atoms with van der Waals surface area (Å²) in [7, 11) is 0. The maximum atomic E-state index is 14.0. The van der Waals surface area contributed by atoms with Crippen LogP contribution in [0.2, 0.25) is 5.02 Å². The Labute approximate surface area is 193 Å². The Balaban J connectivity index is 1.64. The molecule has 2 aliphatic heterocycles. The number of hydrogen-bond acceptors (Lipinski definition) is 2. The van der Waals surface area contributed by atoms with Crippen LogP contribution in [-0.4, -0.2) is 17.7 Å². The molecular formula is C26H29ClFN4+. The van der Waals surface area contributed by atoms with Gasteiger partial charge in [-0.2, -0.15) is 0 Å². The van der Waals surface area contributed by atoms with Gasteiger partial charge in [-0.05, 0) is 76.1 Å². The van der Waals surface area contributed by atoms with Gasteiger partial charge in [0, 0.05) is 29.8 Å². The summed E-state index contributed by atoms with van der Waals surface area (Å²) in [5.74, 6) is 2.18. The first kappa shape index (κ1) is 21.1. The van der Waals surface area contributed by atoms with E-state index in [9.17, 15) is 4.39 Å². The van der Waals surface area contributed by atoms with Crippen molar-refractivity contribution >= 4 is 39.6 Å². The molecule has 3 aromatic rings. The average Bonchev–Trinajstić information content (AvgIpc) is 3.28. The van der Waals surface area contributed by atoms with Gasteiger partial charge in [0.05, 0.1) is 24.5 Å². The SMILES string of the molecule is CCN1C(=CC=C2CCCn3c2[n+](CC)c2cc(F)ccc23)N(CC)c2cc(Cl)ccc21. The van der Waals surface area contributed by atoms with Gasteiger partial charge in [0.1, 0.15) is 11.6 Å². The highest BCUT2D eigenvalue weighted by molar-refractivity contribution is 6.31. The van der Waals surface area contributed by atoms with Crippen LogP contribution in [0.25, 0.3) is 16.6 Å². The molecule has 166 valence electrons. The third-order valence-corrected chi connectivity index (χ3v) is 6.83. The molecule has 0 saturated carbocycles. The molecule has 0 fully saturated rings. The Bertz CT molecular complexity index is 1260. The van der Waals surface area contributed by atoms with Crippen LogP contribution >= 0.6 is 11.6 Å². The lowest BCUT2D eigenvalue weighted by Gasteiger charge is -2.23. The molecule has 0 bridgehead atoms. The Morgan fingerprint density at radius 2 is 1.78 bits per heavy atom. The van der Waals surface area contributed by atoms with Gasteiger partial charge in [0.2, 0.25) is 0 Å². The Morgan fingerprint density at radius 3 is 2.53 bits per heavy atom. The number of nitrogens with zero attached hydrogens (tertiary/aromatic N) is 4. The summed E-state index contributed by atoms with van der Waals surface area (Å²) in [5.41, 5.74) is 5.72. The second-order valence-electron chi connectivity index (χ2n) is 8.29. The van der Waals surface area contributed by atoms with E-state index in [1.165, 1.54) is 22.9 Å². The molecule has 5 rings (SSSR count). The molecule has 3 heterocycles. The Hall–Kier alpha value is -2.79. The molecule has 4 nitrogen and oxygen atoms in total. The van der Waals surface area contributed by atoms with Crippen molar-refractivity contribution in [3.05, 3.63) is 71.0 Å². The van der Waals surface area contributed by atoms with Crippen LogP contribution in [0.1, 0.15) is 39.4 Å². The summed E-state index contributed by atoms with van der Waals surface area (Å²) in [6, 6.07) is 11.3. The molecule has 6 heteroatoms. The normalized spacial score (nSPS) is 18.2. The van der Waals surface area contributed by atoms with Gasteiger partial charge in [0.15, 0.2) is 11.0 Å². The topological polar surface area (TPSA) is 15.3 Å². The summed E-state index contributed by atoms with van der Waals surface area (Å²) in [6.45, 7) is 10.00. The third kappa shape index (κ3) is 3.22. The molecule has 0 spiro atoms. The fraction of sp³-hybridized carbons (Fsp3) is 0.346. The fourth-order valence-corrected chi connectivity index (χ4v) is 5.43. The van der Waals surface area contributed by atoms with E-state index < -0.39 is 0 Å². The molecule has 0 N–H and O–H groups in total. The van der Waals surface area contributed by atoms with E-state index in [1.807, 2.05) is 12.1 Å². The third-order valence-electron chi connectivity index (χ3n) is 6.60. The lowest BCUT2D eigenvalue weighted by molar-refractivity contribution is -0.671. The number of imidazole rings is 1. The second kappa shape index (κ2) is 8.28. The van der Waals surface area contributed by atoms with Crippen molar-refractivity contribution in [3.8, 4) is 0 Å². The van der Waals surface area contributed by atoms with Gasteiger partial charge in [-0.15, -0.1) is 0 Å². The van der Waals surface area contributed by atoms with E-state index in [0.717, 1.165) is 60.8 Å². The molecule has 1 aromatic heterocycles. The number of aromatic nitrogens is 2. The molecule has 2 aromatic carbocycles. The largest absolute Gasteiger partial charge is 0.326 e. The van der Waals surface area contributed by atoms with Gasteiger partial charge in [-0.25, -0.2) is 13.5 Å². The quantitative estimate of drug-likeness (QED) is 0.443. The first-order valence-electron chi connectivity index (χ1n) is 11.5. The number of halogens is 2. The maximum absolute atomic E-state index is 14.0. The molecule has 0 aliphatic carbocycles. The summed E-state index contributed by atoms with van der Waals surface area (Å²) in [4.78, 5) is 4.66. The predicted octanol–water partition coefficient (Wildman–Crippen LogP) is 6.13. The average molecular weight is 452 g/mol. The van der Waals surface area contributed by atoms with Crippen LogP contribution < -0.4 is 14.4 Å². The summed E-state index contributed by atoms with van der Waals surface area (Å²) >= 11 is 6.31. The predicted molar refractivity (Wildman–Crippen MR) is 131 cm³/mol. The van der Waals surface area contributed by atoms with Crippen LogP contribution in [0.5, 0.6) is 0 Å². The zero-order valence-electron chi connectivity index (χ0n) is 18.9. The minimum Gasteiger partial charge on any atom is -0.326 e. The van der Waals surface area contributed by atoms with E-state index in [1.54, 1.807) is 12.1 Å². The molecule has 2 aliphatic rings.